The monoisotopic (exact) mass is 200 g/mol. The summed E-state index contributed by atoms with van der Waals surface area (Å²) in [5.41, 5.74) is 0. The van der Waals surface area contributed by atoms with Gasteiger partial charge in [-0.1, -0.05) is 14.4 Å². The molecule has 0 amide bonds. The molecule has 0 radical (unpaired) electrons. The van der Waals surface area contributed by atoms with Gasteiger partial charge in [-0.05, 0) is 13.3 Å². The molecule has 5 heteroatoms. The first kappa shape index (κ1) is 29.4. The molecule has 0 saturated heterocycles. The van der Waals surface area contributed by atoms with E-state index in [-0.39, 0.29) is 19.5 Å². The van der Waals surface area contributed by atoms with Gasteiger partial charge in [0.25, 0.3) is 5.97 Å². The lowest BCUT2D eigenvalue weighted by Gasteiger charge is -1.69. The van der Waals surface area contributed by atoms with Crippen LogP contribution in [0.5, 0.6) is 0 Å². The zero-order valence-corrected chi connectivity index (χ0v) is 7.87. The van der Waals surface area contributed by atoms with Crippen LogP contribution >= 0.6 is 0 Å². The normalized spacial score (nSPS) is 5.62. The average molecular weight is 200 g/mol. The van der Waals surface area contributed by atoms with E-state index in [0.29, 0.717) is 6.61 Å². The van der Waals surface area contributed by atoms with Crippen molar-refractivity contribution in [3.63, 3.8) is 0 Å². The molecule has 0 bridgehead atoms. The largest absolute Gasteiger partial charge is 0.481 e. The van der Waals surface area contributed by atoms with E-state index < -0.39 is 5.97 Å². The zero-order valence-electron chi connectivity index (χ0n) is 7.87. The molecule has 0 saturated carbocycles. The lowest BCUT2D eigenvalue weighted by Crippen LogP contribution is -1.78. The fraction of sp³-hybridized carbons (Fsp3) is 0.875. The van der Waals surface area contributed by atoms with Gasteiger partial charge in [0.1, 0.15) is 0 Å². The summed E-state index contributed by atoms with van der Waals surface area (Å²) < 4.78 is 0. The van der Waals surface area contributed by atoms with Gasteiger partial charge < -0.3 is 20.8 Å². The Morgan fingerprint density at radius 1 is 1.23 bits per heavy atom. The number of hydrogen-bond donors (Lipinski definition) is 3. The summed E-state index contributed by atoms with van der Waals surface area (Å²) in [4.78, 5) is 9.00. The van der Waals surface area contributed by atoms with Crippen LogP contribution in [0.1, 0.15) is 34.6 Å². The predicted molar refractivity (Wildman–Crippen MR) is 53.8 cm³/mol. The van der Waals surface area contributed by atoms with Crippen LogP contribution in [-0.4, -0.2) is 40.0 Å². The van der Waals surface area contributed by atoms with Crippen LogP contribution in [0, 0.1) is 0 Å². The van der Waals surface area contributed by atoms with Crippen LogP contribution in [0.15, 0.2) is 0 Å². The smallest absolute Gasteiger partial charge is 0.300 e. The quantitative estimate of drug-likeness (QED) is 0.565. The first-order chi connectivity index (χ1) is 5.06. The lowest BCUT2D eigenvalue weighted by atomic mass is 10.5. The van der Waals surface area contributed by atoms with E-state index in [1.165, 1.54) is 0 Å². The van der Waals surface area contributed by atoms with E-state index in [9.17, 15) is 0 Å². The lowest BCUT2D eigenvalue weighted by molar-refractivity contribution is -0.134. The van der Waals surface area contributed by atoms with Crippen molar-refractivity contribution < 1.29 is 25.6 Å². The maximum atomic E-state index is 9.00. The van der Waals surface area contributed by atoms with Crippen molar-refractivity contribution in [2.75, 3.05) is 13.2 Å². The molecule has 5 nitrogen and oxygen atoms in total. The maximum Gasteiger partial charge on any atom is 0.300 e. The van der Waals surface area contributed by atoms with Gasteiger partial charge in [-0.25, -0.2) is 0 Å². The molecule has 13 heavy (non-hydrogen) atoms. The van der Waals surface area contributed by atoms with Gasteiger partial charge in [0.05, 0.1) is 0 Å². The molecular formula is C8H24O5. The third-order valence-electron chi connectivity index (χ3n) is 0.224. The number of aliphatic carboxylic acids is 1. The van der Waals surface area contributed by atoms with Crippen molar-refractivity contribution in [1.29, 1.82) is 0 Å². The Kier molecular flexibility index (Phi) is 96.2. The summed E-state index contributed by atoms with van der Waals surface area (Å²) in [6, 6.07) is 0. The summed E-state index contributed by atoms with van der Waals surface area (Å²) in [5.74, 6) is -0.833. The van der Waals surface area contributed by atoms with E-state index >= 15 is 0 Å². The number of carboxylic acids is 1. The predicted octanol–water partition coefficient (Wildman–Crippen LogP) is 0.290. The minimum Gasteiger partial charge on any atom is -0.481 e. The van der Waals surface area contributed by atoms with Crippen molar-refractivity contribution in [2.45, 2.75) is 34.6 Å². The van der Waals surface area contributed by atoms with Gasteiger partial charge in [-0.15, -0.1) is 0 Å². The van der Waals surface area contributed by atoms with E-state index in [1.54, 1.807) is 6.92 Å². The molecule has 0 aromatic heterocycles. The van der Waals surface area contributed by atoms with Crippen LogP contribution in [0.2, 0.25) is 0 Å². The molecule has 0 unspecified atom stereocenters. The second-order valence-corrected chi connectivity index (χ2v) is 1.56. The Hall–Kier alpha value is -0.650. The topological polar surface area (TPSA) is 109 Å². The first-order valence-electron chi connectivity index (χ1n) is 3.47. The molecule has 0 aromatic carbocycles. The molecular weight excluding hydrogens is 176 g/mol. The van der Waals surface area contributed by atoms with Crippen LogP contribution in [0.4, 0.5) is 0 Å². The van der Waals surface area contributed by atoms with Gasteiger partial charge in [0, 0.05) is 20.1 Å². The Morgan fingerprint density at radius 3 is 1.31 bits per heavy atom. The highest BCUT2D eigenvalue weighted by molar-refractivity contribution is 5.62. The van der Waals surface area contributed by atoms with Gasteiger partial charge in [0.15, 0.2) is 0 Å². The molecule has 0 spiro atoms. The Bertz CT molecular complexity index is 59.6. The van der Waals surface area contributed by atoms with Gasteiger partial charge in [-0.2, -0.15) is 0 Å². The molecule has 0 aliphatic rings. The van der Waals surface area contributed by atoms with Crippen molar-refractivity contribution in [3.05, 3.63) is 0 Å². The van der Waals surface area contributed by atoms with Crippen LogP contribution in [0.25, 0.3) is 0 Å². The standard InChI is InChI=1S/C3H8O.C2H4O2.C2H6O.CH4.H2O/c1-2-3-4;1-2(3)4;1-2-3;;/h4H,2-3H2,1H3;1H3,(H,3,4);3H,2H2,1H3;1H4;1H2. The molecule has 5 N–H and O–H groups in total. The van der Waals surface area contributed by atoms with Crippen LogP contribution in [-0.2, 0) is 4.79 Å². The van der Waals surface area contributed by atoms with Gasteiger partial charge in [-0.3, -0.25) is 4.79 Å². The minimum absolute atomic E-state index is 0. The second-order valence-electron chi connectivity index (χ2n) is 1.56. The van der Waals surface area contributed by atoms with Crippen molar-refractivity contribution in [3.8, 4) is 0 Å². The molecule has 86 valence electrons. The van der Waals surface area contributed by atoms with E-state index in [2.05, 4.69) is 0 Å². The molecule has 0 aliphatic heterocycles. The summed E-state index contributed by atoms with van der Waals surface area (Å²) in [5, 5.41) is 22.9. The fourth-order valence-electron chi connectivity index (χ4n) is 0. The first-order valence-corrected chi connectivity index (χ1v) is 3.47. The SMILES string of the molecule is C.CC(=O)O.CCCO.CCO.O. The van der Waals surface area contributed by atoms with Crippen LogP contribution < -0.4 is 0 Å². The molecule has 0 rings (SSSR count). The highest BCUT2D eigenvalue weighted by Crippen LogP contribution is 1.61. The molecule has 0 aliphatic carbocycles. The Balaban J connectivity index is -0.0000000231. The average Bonchev–Trinajstić information content (AvgIpc) is 1.88. The van der Waals surface area contributed by atoms with Crippen molar-refractivity contribution in [1.82, 2.24) is 0 Å². The number of hydrogen-bond acceptors (Lipinski definition) is 3. The highest BCUT2D eigenvalue weighted by Gasteiger charge is 1.65. The number of carbonyl (C=O) groups is 1. The van der Waals surface area contributed by atoms with Crippen molar-refractivity contribution in [2.24, 2.45) is 0 Å². The summed E-state index contributed by atoms with van der Waals surface area (Å²) in [6.07, 6.45) is 0.875. The molecule has 0 heterocycles. The van der Waals surface area contributed by atoms with Gasteiger partial charge in [0.2, 0.25) is 0 Å². The second kappa shape index (κ2) is 42.5. The molecule has 0 atom stereocenters. The fourth-order valence-corrected chi connectivity index (χ4v) is 0. The molecule has 0 aromatic rings. The number of aliphatic hydroxyl groups excluding tert-OH is 2. The number of aliphatic hydroxyl groups is 2. The highest BCUT2D eigenvalue weighted by atomic mass is 16.4. The third-order valence-corrected chi connectivity index (χ3v) is 0.224. The number of carboxylic acid groups (broad SMARTS) is 1. The minimum atomic E-state index is -0.833. The van der Waals surface area contributed by atoms with E-state index in [4.69, 9.17) is 20.1 Å². The molecule has 0 fully saturated rings. The van der Waals surface area contributed by atoms with Gasteiger partial charge >= 0.3 is 0 Å². The summed E-state index contributed by atoms with van der Waals surface area (Å²) in [7, 11) is 0. The zero-order chi connectivity index (χ0) is 9.70. The summed E-state index contributed by atoms with van der Waals surface area (Å²) >= 11 is 0. The van der Waals surface area contributed by atoms with E-state index in [0.717, 1.165) is 13.3 Å². The maximum absolute atomic E-state index is 9.00. The Labute approximate surface area is 80.3 Å². The Morgan fingerprint density at radius 2 is 1.31 bits per heavy atom. The van der Waals surface area contributed by atoms with E-state index in [1.807, 2.05) is 6.92 Å². The third kappa shape index (κ3) is 8100. The van der Waals surface area contributed by atoms with Crippen molar-refractivity contribution >= 4 is 5.97 Å². The summed E-state index contributed by atoms with van der Waals surface area (Å²) in [6.45, 7) is 5.26. The number of rotatable bonds is 1. The van der Waals surface area contributed by atoms with Crippen LogP contribution in [0.3, 0.4) is 0 Å².